The van der Waals surface area contributed by atoms with Crippen molar-refractivity contribution >= 4 is 17.2 Å². The van der Waals surface area contributed by atoms with Gasteiger partial charge in [0.1, 0.15) is 0 Å². The zero-order valence-corrected chi connectivity index (χ0v) is 7.55. The molecule has 0 aliphatic carbocycles. The Hall–Kier alpha value is 1.31. The standard InChI is InChI=1S/Mo.2O3P/c;2*1-4(2)3/q+6;2*-3. The average Bonchev–Trinajstić information content (AvgIpc) is 1.25. The number of hydrogen-bond donors (Lipinski definition) is 0. The SMILES string of the molecule is [Mo+6].[O-]P([O-])[O-].[O-]P([O-])[O-]. The maximum atomic E-state index is 8.48. The summed E-state index contributed by atoms with van der Waals surface area (Å²) >= 11 is 0. The first kappa shape index (κ1) is 16.7. The minimum atomic E-state index is -3.37. The Bertz CT molecular complexity index is 26.5. The Morgan fingerprint density at radius 2 is 0.556 bits per heavy atom. The van der Waals surface area contributed by atoms with Crippen LogP contribution in [0.1, 0.15) is 0 Å². The largest absolute Gasteiger partial charge is 6.00 e. The van der Waals surface area contributed by atoms with Crippen LogP contribution >= 0.6 is 17.2 Å². The molecular formula is MoO6P2. The van der Waals surface area contributed by atoms with Crippen molar-refractivity contribution in [2.75, 3.05) is 0 Å². The fourth-order valence-electron chi connectivity index (χ4n) is 0. The Balaban J connectivity index is -0.0000000720. The first-order valence-corrected chi connectivity index (χ1v) is 3.29. The van der Waals surface area contributed by atoms with Crippen LogP contribution in [0, 0.1) is 0 Å². The van der Waals surface area contributed by atoms with Gasteiger partial charge in [0.25, 0.3) is 0 Å². The van der Waals surface area contributed by atoms with Gasteiger partial charge >= 0.3 is 21.1 Å². The average molecular weight is 254 g/mol. The molecule has 0 saturated heterocycles. The first-order valence-electron chi connectivity index (χ1n) is 1.10. The van der Waals surface area contributed by atoms with Gasteiger partial charge < -0.3 is 46.6 Å². The van der Waals surface area contributed by atoms with E-state index in [4.69, 9.17) is 29.4 Å². The number of hydrogen-bond acceptors (Lipinski definition) is 6. The summed E-state index contributed by atoms with van der Waals surface area (Å²) in [5.41, 5.74) is 0. The number of rotatable bonds is 0. The summed E-state index contributed by atoms with van der Waals surface area (Å²) < 4.78 is 0. The molecule has 0 unspecified atom stereocenters. The van der Waals surface area contributed by atoms with E-state index in [9.17, 15) is 0 Å². The van der Waals surface area contributed by atoms with Crippen LogP contribution in [-0.4, -0.2) is 0 Å². The van der Waals surface area contributed by atoms with Crippen LogP contribution in [0.15, 0.2) is 0 Å². The molecule has 9 heavy (non-hydrogen) atoms. The zero-order valence-electron chi connectivity index (χ0n) is 3.75. The van der Waals surface area contributed by atoms with Crippen molar-refractivity contribution in [2.24, 2.45) is 0 Å². The van der Waals surface area contributed by atoms with Crippen LogP contribution in [0.5, 0.6) is 0 Å². The van der Waals surface area contributed by atoms with E-state index in [0.717, 1.165) is 0 Å². The van der Waals surface area contributed by atoms with Gasteiger partial charge in [0.2, 0.25) is 0 Å². The van der Waals surface area contributed by atoms with Crippen LogP contribution < -0.4 is 29.4 Å². The quantitative estimate of drug-likeness (QED) is 0.312. The summed E-state index contributed by atoms with van der Waals surface area (Å²) in [4.78, 5) is 50.9. The zero-order chi connectivity index (χ0) is 7.15. The van der Waals surface area contributed by atoms with Crippen LogP contribution in [0.2, 0.25) is 0 Å². The third-order valence-corrected chi connectivity index (χ3v) is 0. The maximum Gasteiger partial charge on any atom is 6.00 e. The molecule has 0 amide bonds. The van der Waals surface area contributed by atoms with Gasteiger partial charge in [-0.05, 0) is 0 Å². The predicted molar refractivity (Wildman–Crippen MR) is 13.8 cm³/mol. The molecule has 0 aliphatic heterocycles. The summed E-state index contributed by atoms with van der Waals surface area (Å²) in [5, 5.41) is 0. The normalized spacial score (nSPS) is 8.00. The van der Waals surface area contributed by atoms with Gasteiger partial charge in [-0.2, -0.15) is 0 Å². The molecule has 0 spiro atoms. The second-order valence-corrected chi connectivity index (χ2v) is 1.34. The second kappa shape index (κ2) is 12.0. The minimum Gasteiger partial charge on any atom is -0.854 e. The van der Waals surface area contributed by atoms with E-state index in [1.807, 2.05) is 0 Å². The Labute approximate surface area is 68.1 Å². The van der Waals surface area contributed by atoms with Gasteiger partial charge in [0.05, 0.1) is 0 Å². The Morgan fingerprint density at radius 3 is 0.556 bits per heavy atom. The van der Waals surface area contributed by atoms with E-state index >= 15 is 0 Å². The van der Waals surface area contributed by atoms with E-state index in [-0.39, 0.29) is 21.1 Å². The minimum absolute atomic E-state index is 0. The van der Waals surface area contributed by atoms with Crippen LogP contribution in [0.4, 0.5) is 0 Å². The van der Waals surface area contributed by atoms with E-state index in [0.29, 0.717) is 0 Å². The van der Waals surface area contributed by atoms with Gasteiger partial charge in [-0.1, -0.05) is 0 Å². The van der Waals surface area contributed by atoms with Gasteiger partial charge in [-0.15, -0.1) is 0 Å². The summed E-state index contributed by atoms with van der Waals surface area (Å²) in [6.07, 6.45) is 0. The summed E-state index contributed by atoms with van der Waals surface area (Å²) in [6.45, 7) is 0. The molecule has 0 radical (unpaired) electrons. The molecular weight excluding hydrogens is 254 g/mol. The molecule has 6 nitrogen and oxygen atoms in total. The molecule has 0 aliphatic rings. The van der Waals surface area contributed by atoms with Crippen molar-refractivity contribution in [1.29, 1.82) is 0 Å². The molecule has 0 heterocycles. The van der Waals surface area contributed by atoms with Crippen LogP contribution in [0.25, 0.3) is 0 Å². The molecule has 0 rings (SSSR count). The van der Waals surface area contributed by atoms with Gasteiger partial charge in [-0.25, -0.2) is 0 Å². The third kappa shape index (κ3) is 290. The molecule has 52 valence electrons. The van der Waals surface area contributed by atoms with Crippen molar-refractivity contribution in [3.05, 3.63) is 0 Å². The van der Waals surface area contributed by atoms with Crippen LogP contribution in [-0.2, 0) is 21.1 Å². The fourth-order valence-corrected chi connectivity index (χ4v) is 0. The summed E-state index contributed by atoms with van der Waals surface area (Å²) in [6, 6.07) is 0. The van der Waals surface area contributed by atoms with E-state index in [1.165, 1.54) is 0 Å². The molecule has 0 atom stereocenters. The van der Waals surface area contributed by atoms with E-state index < -0.39 is 17.2 Å². The van der Waals surface area contributed by atoms with Gasteiger partial charge in [0.15, 0.2) is 0 Å². The van der Waals surface area contributed by atoms with Crippen molar-refractivity contribution in [3.8, 4) is 0 Å². The van der Waals surface area contributed by atoms with Gasteiger partial charge in [-0.3, -0.25) is 0 Å². The first-order chi connectivity index (χ1) is 3.46. The monoisotopic (exact) mass is 256 g/mol. The maximum absolute atomic E-state index is 8.48. The molecule has 0 bridgehead atoms. The van der Waals surface area contributed by atoms with E-state index in [1.54, 1.807) is 0 Å². The fraction of sp³-hybridized carbons (Fsp3) is 0. The smallest absolute Gasteiger partial charge is 0.854 e. The predicted octanol–water partition coefficient (Wildman–Crippen LogP) is -5.41. The van der Waals surface area contributed by atoms with Gasteiger partial charge in [0, 0.05) is 0 Å². The summed E-state index contributed by atoms with van der Waals surface area (Å²) in [7, 11) is -6.74. The summed E-state index contributed by atoms with van der Waals surface area (Å²) in [5.74, 6) is 0. The molecule has 0 aromatic rings. The molecule has 0 aromatic carbocycles. The Morgan fingerprint density at radius 1 is 0.556 bits per heavy atom. The van der Waals surface area contributed by atoms with Crippen LogP contribution in [0.3, 0.4) is 0 Å². The molecule has 0 fully saturated rings. The Kier molecular flexibility index (Phi) is 22.4. The van der Waals surface area contributed by atoms with Crippen molar-refractivity contribution < 1.29 is 50.4 Å². The van der Waals surface area contributed by atoms with Crippen molar-refractivity contribution in [2.45, 2.75) is 0 Å². The molecule has 0 aromatic heterocycles. The van der Waals surface area contributed by atoms with E-state index in [2.05, 4.69) is 0 Å². The third-order valence-electron chi connectivity index (χ3n) is 0. The molecule has 0 N–H and O–H groups in total. The van der Waals surface area contributed by atoms with Crippen molar-refractivity contribution in [3.63, 3.8) is 0 Å². The molecule has 0 saturated carbocycles. The second-order valence-electron chi connectivity index (χ2n) is 0.447. The molecule has 9 heteroatoms. The topological polar surface area (TPSA) is 138 Å². The van der Waals surface area contributed by atoms with Crippen molar-refractivity contribution in [1.82, 2.24) is 0 Å².